The average molecular weight is 314 g/mol. The Labute approximate surface area is 130 Å². The van der Waals surface area contributed by atoms with E-state index in [4.69, 9.17) is 20.9 Å². The van der Waals surface area contributed by atoms with Crippen LogP contribution in [0.5, 0.6) is 11.5 Å². The van der Waals surface area contributed by atoms with Gasteiger partial charge in [-0.2, -0.15) is 4.99 Å². The molecule has 1 aliphatic heterocycles. The van der Waals surface area contributed by atoms with Gasteiger partial charge in [0.15, 0.2) is 0 Å². The summed E-state index contributed by atoms with van der Waals surface area (Å²) in [5.41, 5.74) is 11.8. The second-order valence-electron chi connectivity index (χ2n) is 4.84. The zero-order valence-corrected chi connectivity index (χ0v) is 13.3. The molecule has 0 aromatic heterocycles. The van der Waals surface area contributed by atoms with Crippen molar-refractivity contribution in [2.24, 2.45) is 21.5 Å². The van der Waals surface area contributed by atoms with Gasteiger partial charge in [-0.1, -0.05) is 0 Å². The Hall–Kier alpha value is -2.15. The van der Waals surface area contributed by atoms with E-state index in [9.17, 15) is 0 Å². The molecule has 0 fully saturated rings. The van der Waals surface area contributed by atoms with Gasteiger partial charge in [-0.05, 0) is 13.8 Å². The molecule has 0 atom stereocenters. The Morgan fingerprint density at radius 1 is 1.05 bits per heavy atom. The van der Waals surface area contributed by atoms with Crippen LogP contribution in [0.3, 0.4) is 0 Å². The van der Waals surface area contributed by atoms with E-state index in [1.54, 1.807) is 25.2 Å². The van der Waals surface area contributed by atoms with E-state index in [-0.39, 0.29) is 24.3 Å². The van der Waals surface area contributed by atoms with E-state index in [1.165, 1.54) is 0 Å². The molecule has 0 saturated heterocycles. The van der Waals surface area contributed by atoms with Gasteiger partial charge < -0.3 is 20.9 Å². The minimum absolute atomic E-state index is 0. The van der Waals surface area contributed by atoms with Crippen LogP contribution in [-0.2, 0) is 0 Å². The molecule has 0 saturated carbocycles. The Balaban J connectivity index is 0.00000220. The number of benzene rings is 1. The number of hydrogen-bond acceptors (Lipinski definition) is 7. The van der Waals surface area contributed by atoms with Crippen molar-refractivity contribution < 1.29 is 9.47 Å². The summed E-state index contributed by atoms with van der Waals surface area (Å²) < 4.78 is 10.5. The number of guanidine groups is 2. The van der Waals surface area contributed by atoms with Crippen molar-refractivity contribution in [2.75, 3.05) is 19.1 Å². The van der Waals surface area contributed by atoms with E-state index >= 15 is 0 Å². The van der Waals surface area contributed by atoms with Crippen LogP contribution < -0.4 is 25.8 Å². The normalized spacial score (nSPS) is 16.5. The van der Waals surface area contributed by atoms with Gasteiger partial charge >= 0.3 is 0 Å². The van der Waals surface area contributed by atoms with Gasteiger partial charge in [0.2, 0.25) is 11.9 Å². The summed E-state index contributed by atoms with van der Waals surface area (Å²) in [6.07, 6.45) is 0. The van der Waals surface area contributed by atoms with Crippen molar-refractivity contribution in [1.29, 1.82) is 0 Å². The first-order chi connectivity index (χ1) is 9.37. The molecule has 0 radical (unpaired) electrons. The van der Waals surface area contributed by atoms with Gasteiger partial charge in [-0.3, -0.25) is 4.90 Å². The van der Waals surface area contributed by atoms with Gasteiger partial charge in [0.25, 0.3) is 0 Å². The molecular formula is C13H20ClN5O2. The van der Waals surface area contributed by atoms with Gasteiger partial charge in [0, 0.05) is 18.2 Å². The highest BCUT2D eigenvalue weighted by Gasteiger charge is 2.33. The number of ether oxygens (including phenoxy) is 2. The predicted molar refractivity (Wildman–Crippen MR) is 86.6 cm³/mol. The van der Waals surface area contributed by atoms with Crippen molar-refractivity contribution in [1.82, 2.24) is 0 Å². The van der Waals surface area contributed by atoms with Crippen LogP contribution in [0.4, 0.5) is 5.69 Å². The third-order valence-electron chi connectivity index (χ3n) is 2.99. The lowest BCUT2D eigenvalue weighted by molar-refractivity contribution is 0.394. The van der Waals surface area contributed by atoms with E-state index in [0.717, 1.165) is 5.69 Å². The number of nitrogens with zero attached hydrogens (tertiary/aromatic N) is 3. The van der Waals surface area contributed by atoms with Crippen molar-refractivity contribution in [3.63, 3.8) is 0 Å². The number of aliphatic imine (C=N–C) groups is 2. The molecule has 2 rings (SSSR count). The molecule has 1 aromatic rings. The molecular weight excluding hydrogens is 294 g/mol. The fourth-order valence-corrected chi connectivity index (χ4v) is 2.17. The summed E-state index contributed by atoms with van der Waals surface area (Å²) in [4.78, 5) is 10.1. The SMILES string of the molecule is COc1cc(OC)cc(N2C(N)=NC(N)=NC2(C)C)c1.Cl. The molecule has 0 spiro atoms. The molecule has 0 aliphatic carbocycles. The van der Waals surface area contributed by atoms with E-state index in [2.05, 4.69) is 9.98 Å². The summed E-state index contributed by atoms with van der Waals surface area (Å²) in [6, 6.07) is 5.46. The Bertz CT molecular complexity index is 564. The smallest absolute Gasteiger partial charge is 0.220 e. The third-order valence-corrected chi connectivity index (χ3v) is 2.99. The van der Waals surface area contributed by atoms with Crippen molar-refractivity contribution >= 4 is 30.0 Å². The van der Waals surface area contributed by atoms with Crippen LogP contribution in [0, 0.1) is 0 Å². The van der Waals surface area contributed by atoms with E-state index in [1.807, 2.05) is 26.0 Å². The molecule has 0 unspecified atom stereocenters. The van der Waals surface area contributed by atoms with Crippen LogP contribution in [0.15, 0.2) is 28.2 Å². The molecule has 0 bridgehead atoms. The number of nitrogens with two attached hydrogens (primary N) is 2. The lowest BCUT2D eigenvalue weighted by atomic mass is 10.1. The quantitative estimate of drug-likeness (QED) is 0.876. The fraction of sp³-hybridized carbons (Fsp3) is 0.385. The van der Waals surface area contributed by atoms with Gasteiger partial charge in [0.05, 0.1) is 19.9 Å². The largest absolute Gasteiger partial charge is 0.497 e. The standard InChI is InChI=1S/C13H19N5O2.ClH/c1-13(2)17-11(14)16-12(15)18(13)8-5-9(19-3)7-10(6-8)20-4;/h5-7H,1-4H3,(H4,14,15,16,17);1H. The number of halogens is 1. The van der Waals surface area contributed by atoms with Crippen LogP contribution in [0.25, 0.3) is 0 Å². The summed E-state index contributed by atoms with van der Waals surface area (Å²) in [7, 11) is 3.18. The van der Waals surface area contributed by atoms with Crippen molar-refractivity contribution in [3.05, 3.63) is 18.2 Å². The zero-order valence-electron chi connectivity index (χ0n) is 12.5. The summed E-state index contributed by atoms with van der Waals surface area (Å²) >= 11 is 0. The average Bonchev–Trinajstić information content (AvgIpc) is 2.35. The topological polar surface area (TPSA) is 98.5 Å². The lowest BCUT2D eigenvalue weighted by Crippen LogP contribution is -2.54. The zero-order chi connectivity index (χ0) is 14.9. The van der Waals surface area contributed by atoms with Gasteiger partial charge in [-0.25, -0.2) is 4.99 Å². The number of hydrogen-bond donors (Lipinski definition) is 2. The molecule has 116 valence electrons. The Kier molecular flexibility index (Phi) is 4.90. The van der Waals surface area contributed by atoms with E-state index in [0.29, 0.717) is 11.5 Å². The second-order valence-corrected chi connectivity index (χ2v) is 4.84. The highest BCUT2D eigenvalue weighted by Crippen LogP contribution is 2.33. The van der Waals surface area contributed by atoms with Crippen LogP contribution in [-0.4, -0.2) is 31.8 Å². The molecule has 1 aromatic carbocycles. The first-order valence-corrected chi connectivity index (χ1v) is 6.10. The fourth-order valence-electron chi connectivity index (χ4n) is 2.17. The lowest BCUT2D eigenvalue weighted by Gasteiger charge is -2.38. The van der Waals surface area contributed by atoms with Gasteiger partial charge in [0.1, 0.15) is 17.2 Å². The number of methoxy groups -OCH3 is 2. The maximum atomic E-state index is 5.99. The second kappa shape index (κ2) is 6.09. The summed E-state index contributed by atoms with van der Waals surface area (Å²) in [5.74, 6) is 1.76. The first kappa shape index (κ1) is 16.9. The molecule has 1 aliphatic rings. The number of anilines is 1. The van der Waals surface area contributed by atoms with E-state index < -0.39 is 5.66 Å². The Morgan fingerprint density at radius 3 is 2.00 bits per heavy atom. The molecule has 7 nitrogen and oxygen atoms in total. The maximum absolute atomic E-state index is 5.99. The minimum atomic E-state index is -0.646. The Morgan fingerprint density at radius 2 is 1.57 bits per heavy atom. The highest BCUT2D eigenvalue weighted by atomic mass is 35.5. The summed E-state index contributed by atoms with van der Waals surface area (Å²) in [5, 5.41) is 0. The van der Waals surface area contributed by atoms with Crippen molar-refractivity contribution in [3.8, 4) is 11.5 Å². The minimum Gasteiger partial charge on any atom is -0.497 e. The van der Waals surface area contributed by atoms with Crippen LogP contribution in [0.2, 0.25) is 0 Å². The molecule has 0 amide bonds. The van der Waals surface area contributed by atoms with Crippen LogP contribution in [0.1, 0.15) is 13.8 Å². The first-order valence-electron chi connectivity index (χ1n) is 6.10. The molecule has 8 heteroatoms. The maximum Gasteiger partial charge on any atom is 0.220 e. The highest BCUT2D eigenvalue weighted by molar-refractivity contribution is 6.05. The van der Waals surface area contributed by atoms with Crippen LogP contribution >= 0.6 is 12.4 Å². The molecule has 21 heavy (non-hydrogen) atoms. The third kappa shape index (κ3) is 3.30. The number of rotatable bonds is 3. The summed E-state index contributed by atoms with van der Waals surface area (Å²) in [6.45, 7) is 3.79. The van der Waals surface area contributed by atoms with Gasteiger partial charge in [-0.15, -0.1) is 12.4 Å². The monoisotopic (exact) mass is 313 g/mol. The molecule has 1 heterocycles. The predicted octanol–water partition coefficient (Wildman–Crippen LogP) is 1.31. The molecule has 4 N–H and O–H groups in total. The van der Waals surface area contributed by atoms with Crippen molar-refractivity contribution in [2.45, 2.75) is 19.5 Å².